The predicted molar refractivity (Wildman–Crippen MR) is 85.1 cm³/mol. The van der Waals surface area contributed by atoms with Crippen LogP contribution in [0.2, 0.25) is 10.0 Å². The molecule has 114 valence electrons. The number of nitrogens with two attached hydrogens (primary N) is 1. The van der Waals surface area contributed by atoms with Gasteiger partial charge in [0.05, 0.1) is 16.3 Å². The average molecular weight is 359 g/mol. The van der Waals surface area contributed by atoms with E-state index in [2.05, 4.69) is 4.72 Å². The number of rotatable bonds is 6. The monoisotopic (exact) mass is 358 g/mol. The summed E-state index contributed by atoms with van der Waals surface area (Å²) < 4.78 is 26.7. The van der Waals surface area contributed by atoms with E-state index in [1.165, 1.54) is 23.9 Å². The molecule has 0 amide bonds. The molecule has 1 aromatic carbocycles. The van der Waals surface area contributed by atoms with Crippen LogP contribution in [0.15, 0.2) is 17.0 Å². The van der Waals surface area contributed by atoms with Crippen LogP contribution < -0.4 is 10.5 Å². The number of sulfonamides is 1. The minimum absolute atomic E-state index is 0.0421. The van der Waals surface area contributed by atoms with Gasteiger partial charge in [0.1, 0.15) is 4.90 Å². The van der Waals surface area contributed by atoms with Crippen molar-refractivity contribution in [2.75, 3.05) is 24.3 Å². The molecular formula is C11H16Cl2N2O3S2. The van der Waals surface area contributed by atoms with Crippen LogP contribution in [0.3, 0.4) is 0 Å². The molecule has 0 aliphatic heterocycles. The van der Waals surface area contributed by atoms with Gasteiger partial charge < -0.3 is 10.8 Å². The van der Waals surface area contributed by atoms with Gasteiger partial charge in [0.15, 0.2) is 0 Å². The van der Waals surface area contributed by atoms with Crippen LogP contribution in [0.4, 0.5) is 5.69 Å². The minimum atomic E-state index is -3.92. The first-order valence-electron chi connectivity index (χ1n) is 5.54. The average Bonchev–Trinajstić information content (AvgIpc) is 2.24. The van der Waals surface area contributed by atoms with Crippen molar-refractivity contribution in [3.63, 3.8) is 0 Å². The molecule has 0 bridgehead atoms. The van der Waals surface area contributed by atoms with Gasteiger partial charge in [-0.1, -0.05) is 23.2 Å². The van der Waals surface area contributed by atoms with E-state index in [9.17, 15) is 13.5 Å². The Hall–Kier alpha value is -0.180. The topological polar surface area (TPSA) is 92.4 Å². The highest BCUT2D eigenvalue weighted by Gasteiger charge is 2.26. The smallest absolute Gasteiger partial charge is 0.244 e. The molecule has 0 spiro atoms. The Morgan fingerprint density at radius 1 is 1.45 bits per heavy atom. The SMILES string of the molecule is CSCC(C)(O)CNS(=O)(=O)c1c(N)cc(Cl)cc1Cl. The second-order valence-corrected chi connectivity index (χ2v) is 7.97. The third-order valence-corrected chi connectivity index (χ3v) is 5.46. The molecule has 0 saturated carbocycles. The van der Waals surface area contributed by atoms with Crippen LogP contribution in [0, 0.1) is 0 Å². The van der Waals surface area contributed by atoms with Gasteiger partial charge in [0.2, 0.25) is 10.0 Å². The quantitative estimate of drug-likeness (QED) is 0.676. The molecule has 1 unspecified atom stereocenters. The number of hydrogen-bond acceptors (Lipinski definition) is 5. The zero-order chi connectivity index (χ0) is 15.6. The minimum Gasteiger partial charge on any atom is -0.398 e. The van der Waals surface area contributed by atoms with E-state index in [1.807, 2.05) is 6.26 Å². The van der Waals surface area contributed by atoms with Gasteiger partial charge in [-0.3, -0.25) is 0 Å². The number of aliphatic hydroxyl groups is 1. The third-order valence-electron chi connectivity index (χ3n) is 2.40. The molecule has 5 nitrogen and oxygen atoms in total. The number of nitrogen functional groups attached to an aromatic ring is 1. The van der Waals surface area contributed by atoms with E-state index in [-0.39, 0.29) is 27.2 Å². The van der Waals surface area contributed by atoms with Crippen LogP contribution in [-0.2, 0) is 10.0 Å². The zero-order valence-corrected chi connectivity index (χ0v) is 14.1. The Balaban J connectivity index is 3.01. The van der Waals surface area contributed by atoms with Gasteiger partial charge >= 0.3 is 0 Å². The maximum Gasteiger partial charge on any atom is 0.244 e. The Morgan fingerprint density at radius 2 is 2.05 bits per heavy atom. The standard InChI is InChI=1S/C11H16Cl2N2O3S2/c1-11(16,6-19-2)5-15-20(17,18)10-8(13)3-7(12)4-9(10)14/h3-4,15-16H,5-6,14H2,1-2H3. The van der Waals surface area contributed by atoms with Crippen molar-refractivity contribution >= 4 is 50.7 Å². The summed E-state index contributed by atoms with van der Waals surface area (Å²) in [5.74, 6) is 0.388. The molecule has 4 N–H and O–H groups in total. The molecule has 1 atom stereocenters. The largest absolute Gasteiger partial charge is 0.398 e. The lowest BCUT2D eigenvalue weighted by Gasteiger charge is -2.22. The maximum atomic E-state index is 12.2. The fraction of sp³-hybridized carbons (Fsp3) is 0.455. The van der Waals surface area contributed by atoms with Crippen LogP contribution in [0.5, 0.6) is 0 Å². The molecule has 0 aromatic heterocycles. The van der Waals surface area contributed by atoms with E-state index in [0.29, 0.717) is 5.75 Å². The van der Waals surface area contributed by atoms with Crippen LogP contribution in [-0.4, -0.2) is 37.7 Å². The summed E-state index contributed by atoms with van der Waals surface area (Å²) in [6.45, 7) is 1.40. The second kappa shape index (κ2) is 6.72. The highest BCUT2D eigenvalue weighted by molar-refractivity contribution is 7.98. The summed E-state index contributed by atoms with van der Waals surface area (Å²) in [5, 5.41) is 10.2. The van der Waals surface area contributed by atoms with Crippen molar-refractivity contribution in [2.24, 2.45) is 0 Å². The van der Waals surface area contributed by atoms with Crippen molar-refractivity contribution < 1.29 is 13.5 Å². The van der Waals surface area contributed by atoms with Gasteiger partial charge in [-0.2, -0.15) is 11.8 Å². The number of nitrogens with one attached hydrogen (secondary N) is 1. The first-order valence-corrected chi connectivity index (χ1v) is 9.18. The normalized spacial score (nSPS) is 15.1. The molecule has 20 heavy (non-hydrogen) atoms. The van der Waals surface area contributed by atoms with Gasteiger partial charge in [-0.05, 0) is 25.3 Å². The Bertz CT molecular complexity index is 568. The molecule has 0 aliphatic rings. The highest BCUT2D eigenvalue weighted by Crippen LogP contribution is 2.31. The number of benzene rings is 1. The summed E-state index contributed by atoms with van der Waals surface area (Å²) >= 11 is 13.0. The van der Waals surface area contributed by atoms with Gasteiger partial charge in [0.25, 0.3) is 0 Å². The van der Waals surface area contributed by atoms with E-state index in [4.69, 9.17) is 28.9 Å². The molecule has 9 heteroatoms. The van der Waals surface area contributed by atoms with Crippen LogP contribution in [0.25, 0.3) is 0 Å². The zero-order valence-electron chi connectivity index (χ0n) is 11.0. The van der Waals surface area contributed by atoms with E-state index >= 15 is 0 Å². The lowest BCUT2D eigenvalue weighted by atomic mass is 10.1. The molecule has 0 radical (unpaired) electrons. The molecule has 0 fully saturated rings. The summed E-state index contributed by atoms with van der Waals surface area (Å²) in [6, 6.07) is 2.61. The molecule has 0 heterocycles. The first kappa shape index (κ1) is 17.9. The fourth-order valence-electron chi connectivity index (χ4n) is 1.55. The van der Waals surface area contributed by atoms with Crippen molar-refractivity contribution in [1.82, 2.24) is 4.72 Å². The lowest BCUT2D eigenvalue weighted by molar-refractivity contribution is 0.0908. The summed E-state index contributed by atoms with van der Waals surface area (Å²) in [6.07, 6.45) is 1.82. The van der Waals surface area contributed by atoms with Gasteiger partial charge in [-0.15, -0.1) is 0 Å². The second-order valence-electron chi connectivity index (χ2n) is 4.56. The molecule has 0 saturated heterocycles. The van der Waals surface area contributed by atoms with Crippen LogP contribution >= 0.6 is 35.0 Å². The summed E-state index contributed by atoms with van der Waals surface area (Å²) in [5.41, 5.74) is 4.44. The van der Waals surface area contributed by atoms with Crippen molar-refractivity contribution in [3.05, 3.63) is 22.2 Å². The summed E-state index contributed by atoms with van der Waals surface area (Å²) in [4.78, 5) is -0.233. The Morgan fingerprint density at radius 3 is 2.55 bits per heavy atom. The molecule has 1 rings (SSSR count). The Labute approximate surface area is 132 Å². The van der Waals surface area contributed by atoms with Crippen molar-refractivity contribution in [3.8, 4) is 0 Å². The first-order chi connectivity index (χ1) is 9.09. The van der Waals surface area contributed by atoms with Crippen LogP contribution in [0.1, 0.15) is 6.92 Å². The molecule has 0 aliphatic carbocycles. The maximum absolute atomic E-state index is 12.2. The molecule has 1 aromatic rings. The highest BCUT2D eigenvalue weighted by atomic mass is 35.5. The van der Waals surface area contributed by atoms with Crippen molar-refractivity contribution in [1.29, 1.82) is 0 Å². The number of thioether (sulfide) groups is 1. The number of halogens is 2. The number of hydrogen-bond donors (Lipinski definition) is 3. The summed E-state index contributed by atoms with van der Waals surface area (Å²) in [7, 11) is -3.92. The Kier molecular flexibility index (Phi) is 6.01. The van der Waals surface area contributed by atoms with E-state index in [1.54, 1.807) is 6.92 Å². The van der Waals surface area contributed by atoms with Gasteiger partial charge in [-0.25, -0.2) is 13.1 Å². The molecular weight excluding hydrogens is 343 g/mol. The lowest BCUT2D eigenvalue weighted by Crippen LogP contribution is -2.42. The van der Waals surface area contributed by atoms with Crippen molar-refractivity contribution in [2.45, 2.75) is 17.4 Å². The van der Waals surface area contributed by atoms with E-state index < -0.39 is 15.6 Å². The van der Waals surface area contributed by atoms with E-state index in [0.717, 1.165) is 0 Å². The third kappa shape index (κ3) is 4.68. The number of anilines is 1. The predicted octanol–water partition coefficient (Wildman–Crippen LogP) is 1.97. The fourth-order valence-corrected chi connectivity index (χ4v) is 4.42. The van der Waals surface area contributed by atoms with Gasteiger partial charge in [0, 0.05) is 17.3 Å².